The van der Waals surface area contributed by atoms with Crippen LogP contribution in [-0.2, 0) is 0 Å². The fourth-order valence-electron chi connectivity index (χ4n) is 1.85. The Bertz CT molecular complexity index is 76.0. The SMILES string of the molecule is C.C.CC1CCCC(C)C1C. The summed E-state index contributed by atoms with van der Waals surface area (Å²) in [6.07, 6.45) is 4.39. The summed E-state index contributed by atoms with van der Waals surface area (Å²) in [6, 6.07) is 0. The fourth-order valence-corrected chi connectivity index (χ4v) is 1.85. The first-order valence-corrected chi connectivity index (χ1v) is 4.22. The normalized spacial score (nSPS) is 36.8. The second kappa shape index (κ2) is 5.62. The van der Waals surface area contributed by atoms with Crippen molar-refractivity contribution in [2.45, 2.75) is 54.9 Å². The van der Waals surface area contributed by atoms with Crippen molar-refractivity contribution in [2.75, 3.05) is 0 Å². The van der Waals surface area contributed by atoms with Gasteiger partial charge in [0, 0.05) is 0 Å². The molecule has 0 heteroatoms. The number of rotatable bonds is 0. The van der Waals surface area contributed by atoms with Crippen molar-refractivity contribution in [1.29, 1.82) is 0 Å². The van der Waals surface area contributed by atoms with E-state index in [2.05, 4.69) is 20.8 Å². The summed E-state index contributed by atoms with van der Waals surface area (Å²) in [5, 5.41) is 0. The average Bonchev–Trinajstić information content (AvgIpc) is 1.83. The van der Waals surface area contributed by atoms with Crippen LogP contribution < -0.4 is 0 Å². The Kier molecular flexibility index (Phi) is 6.94. The van der Waals surface area contributed by atoms with E-state index >= 15 is 0 Å². The van der Waals surface area contributed by atoms with E-state index in [1.807, 2.05) is 0 Å². The lowest BCUT2D eigenvalue weighted by Gasteiger charge is -2.31. The first-order valence-electron chi connectivity index (χ1n) is 4.22. The van der Waals surface area contributed by atoms with Crippen LogP contribution in [-0.4, -0.2) is 0 Å². The molecule has 0 nitrogen and oxygen atoms in total. The van der Waals surface area contributed by atoms with Crippen LogP contribution in [0.3, 0.4) is 0 Å². The molecule has 1 rings (SSSR count). The van der Waals surface area contributed by atoms with Crippen LogP contribution in [0.2, 0.25) is 0 Å². The minimum absolute atomic E-state index is 0. The predicted octanol–water partition coefficient (Wildman–Crippen LogP) is 4.35. The second-order valence-corrected chi connectivity index (χ2v) is 3.74. The lowest BCUT2D eigenvalue weighted by molar-refractivity contribution is 0.197. The van der Waals surface area contributed by atoms with E-state index in [4.69, 9.17) is 0 Å². The highest BCUT2D eigenvalue weighted by atomic mass is 14.3. The summed E-state index contributed by atoms with van der Waals surface area (Å²) < 4.78 is 0. The molecule has 2 unspecified atom stereocenters. The van der Waals surface area contributed by atoms with E-state index in [0.717, 1.165) is 17.8 Å². The van der Waals surface area contributed by atoms with Crippen molar-refractivity contribution in [3.8, 4) is 0 Å². The first kappa shape index (κ1) is 13.6. The average molecular weight is 158 g/mol. The molecule has 0 aliphatic heterocycles. The molecule has 1 aliphatic carbocycles. The van der Waals surface area contributed by atoms with E-state index < -0.39 is 0 Å². The van der Waals surface area contributed by atoms with Crippen LogP contribution in [0.5, 0.6) is 0 Å². The Morgan fingerprint density at radius 1 is 0.818 bits per heavy atom. The molecular weight excluding hydrogens is 132 g/mol. The zero-order chi connectivity index (χ0) is 6.85. The fraction of sp³-hybridized carbons (Fsp3) is 1.00. The summed E-state index contributed by atoms with van der Waals surface area (Å²) in [7, 11) is 0. The van der Waals surface area contributed by atoms with Gasteiger partial charge in [0.05, 0.1) is 0 Å². The maximum Gasteiger partial charge on any atom is -0.0391 e. The molecule has 0 radical (unpaired) electrons. The molecule has 1 fully saturated rings. The Morgan fingerprint density at radius 2 is 1.18 bits per heavy atom. The molecule has 0 saturated heterocycles. The van der Waals surface area contributed by atoms with E-state index in [1.54, 1.807) is 0 Å². The molecule has 0 aromatic heterocycles. The highest BCUT2D eigenvalue weighted by Gasteiger charge is 2.22. The third kappa shape index (κ3) is 3.27. The molecule has 70 valence electrons. The van der Waals surface area contributed by atoms with Gasteiger partial charge in [-0.3, -0.25) is 0 Å². The molecule has 0 bridgehead atoms. The Labute approximate surface area is 73.4 Å². The standard InChI is InChI=1S/C9H18.2CH4/c1-7-5-4-6-8(2)9(7)3;;/h7-9H,4-6H2,1-3H3;2*1H4. The first-order chi connectivity index (χ1) is 4.22. The van der Waals surface area contributed by atoms with Crippen LogP contribution in [0.25, 0.3) is 0 Å². The van der Waals surface area contributed by atoms with Gasteiger partial charge in [0.2, 0.25) is 0 Å². The van der Waals surface area contributed by atoms with Crippen molar-refractivity contribution in [3.63, 3.8) is 0 Å². The number of hydrogen-bond donors (Lipinski definition) is 0. The van der Waals surface area contributed by atoms with Crippen LogP contribution in [0, 0.1) is 17.8 Å². The summed E-state index contributed by atoms with van der Waals surface area (Å²) in [5.74, 6) is 2.93. The highest BCUT2D eigenvalue weighted by molar-refractivity contribution is 4.73. The molecule has 0 aromatic carbocycles. The molecule has 0 amide bonds. The largest absolute Gasteiger partial charge is 0.0776 e. The Hall–Kier alpha value is 0. The number of hydrogen-bond acceptors (Lipinski definition) is 0. The van der Waals surface area contributed by atoms with Gasteiger partial charge in [0.25, 0.3) is 0 Å². The van der Waals surface area contributed by atoms with Crippen molar-refractivity contribution in [3.05, 3.63) is 0 Å². The Balaban J connectivity index is 0. The summed E-state index contributed by atoms with van der Waals surface area (Å²) in [5.41, 5.74) is 0. The highest BCUT2D eigenvalue weighted by Crippen LogP contribution is 2.33. The van der Waals surface area contributed by atoms with Gasteiger partial charge >= 0.3 is 0 Å². The predicted molar refractivity (Wildman–Crippen MR) is 54.8 cm³/mol. The molecule has 0 spiro atoms. The molecule has 2 atom stereocenters. The zero-order valence-electron chi connectivity index (χ0n) is 6.85. The van der Waals surface area contributed by atoms with Crippen molar-refractivity contribution in [2.24, 2.45) is 17.8 Å². The third-order valence-corrected chi connectivity index (χ3v) is 3.11. The minimum Gasteiger partial charge on any atom is -0.0776 e. The maximum absolute atomic E-state index is 2.40. The van der Waals surface area contributed by atoms with Crippen LogP contribution in [0.1, 0.15) is 54.9 Å². The van der Waals surface area contributed by atoms with Gasteiger partial charge in [-0.15, -0.1) is 0 Å². The zero-order valence-corrected chi connectivity index (χ0v) is 6.85. The maximum atomic E-state index is 2.40. The smallest absolute Gasteiger partial charge is 0.0391 e. The van der Waals surface area contributed by atoms with Gasteiger partial charge < -0.3 is 0 Å². The van der Waals surface area contributed by atoms with Crippen LogP contribution in [0.15, 0.2) is 0 Å². The van der Waals surface area contributed by atoms with Gasteiger partial charge in [-0.05, 0) is 17.8 Å². The molecule has 0 aromatic rings. The van der Waals surface area contributed by atoms with Gasteiger partial charge in [-0.25, -0.2) is 0 Å². The van der Waals surface area contributed by atoms with E-state index in [0.29, 0.717) is 0 Å². The van der Waals surface area contributed by atoms with E-state index in [9.17, 15) is 0 Å². The molecule has 0 N–H and O–H groups in total. The molecule has 1 aliphatic rings. The molecule has 11 heavy (non-hydrogen) atoms. The van der Waals surface area contributed by atoms with Crippen LogP contribution >= 0.6 is 0 Å². The quantitative estimate of drug-likeness (QED) is 0.491. The topological polar surface area (TPSA) is 0 Å². The van der Waals surface area contributed by atoms with Gasteiger partial charge in [-0.1, -0.05) is 54.9 Å². The summed E-state index contributed by atoms with van der Waals surface area (Å²) in [4.78, 5) is 0. The van der Waals surface area contributed by atoms with Crippen molar-refractivity contribution >= 4 is 0 Å². The third-order valence-electron chi connectivity index (χ3n) is 3.11. The molecule has 0 heterocycles. The van der Waals surface area contributed by atoms with Crippen molar-refractivity contribution < 1.29 is 0 Å². The molecule has 1 saturated carbocycles. The van der Waals surface area contributed by atoms with Crippen molar-refractivity contribution in [1.82, 2.24) is 0 Å². The van der Waals surface area contributed by atoms with Gasteiger partial charge in [0.1, 0.15) is 0 Å². The van der Waals surface area contributed by atoms with E-state index in [-0.39, 0.29) is 14.9 Å². The lowest BCUT2D eigenvalue weighted by Crippen LogP contribution is -2.21. The lowest BCUT2D eigenvalue weighted by atomic mass is 9.75. The van der Waals surface area contributed by atoms with Crippen LogP contribution in [0.4, 0.5) is 0 Å². The Morgan fingerprint density at radius 3 is 1.45 bits per heavy atom. The minimum atomic E-state index is 0. The summed E-state index contributed by atoms with van der Waals surface area (Å²) in [6.45, 7) is 7.18. The van der Waals surface area contributed by atoms with E-state index in [1.165, 1.54) is 19.3 Å². The molecular formula is C11H26. The van der Waals surface area contributed by atoms with Gasteiger partial charge in [0.15, 0.2) is 0 Å². The second-order valence-electron chi connectivity index (χ2n) is 3.74. The monoisotopic (exact) mass is 158 g/mol. The van der Waals surface area contributed by atoms with Gasteiger partial charge in [-0.2, -0.15) is 0 Å². The summed E-state index contributed by atoms with van der Waals surface area (Å²) >= 11 is 0.